The number of hydrogen-bond acceptors (Lipinski definition) is 2. The minimum absolute atomic E-state index is 0.104. The SMILES string of the molecule is COc1ccc(C(=O)CCCCCBr)c(Cl)c1. The van der Waals surface area contributed by atoms with E-state index in [0.29, 0.717) is 22.8 Å². The van der Waals surface area contributed by atoms with Gasteiger partial charge in [-0.3, -0.25) is 4.79 Å². The van der Waals surface area contributed by atoms with E-state index in [4.69, 9.17) is 16.3 Å². The zero-order valence-electron chi connectivity index (χ0n) is 9.84. The van der Waals surface area contributed by atoms with Gasteiger partial charge in [-0.2, -0.15) is 0 Å². The Morgan fingerprint density at radius 3 is 2.71 bits per heavy atom. The van der Waals surface area contributed by atoms with Gasteiger partial charge in [-0.05, 0) is 31.0 Å². The number of alkyl halides is 1. The lowest BCUT2D eigenvalue weighted by Crippen LogP contribution is -2.00. The van der Waals surface area contributed by atoms with Crippen LogP contribution in [0.4, 0.5) is 0 Å². The number of ether oxygens (including phenoxy) is 1. The van der Waals surface area contributed by atoms with Crippen LogP contribution in [-0.4, -0.2) is 18.2 Å². The molecule has 0 atom stereocenters. The molecule has 1 rings (SSSR count). The lowest BCUT2D eigenvalue weighted by atomic mass is 10.0. The first-order valence-electron chi connectivity index (χ1n) is 5.61. The number of halogens is 2. The fourth-order valence-corrected chi connectivity index (χ4v) is 2.21. The van der Waals surface area contributed by atoms with Gasteiger partial charge in [-0.15, -0.1) is 0 Å². The summed E-state index contributed by atoms with van der Waals surface area (Å²) in [6.45, 7) is 0. The fraction of sp³-hybridized carbons (Fsp3) is 0.462. The monoisotopic (exact) mass is 318 g/mol. The van der Waals surface area contributed by atoms with Crippen molar-refractivity contribution in [2.75, 3.05) is 12.4 Å². The molecule has 0 aliphatic rings. The molecule has 94 valence electrons. The van der Waals surface area contributed by atoms with Crippen LogP contribution in [0.15, 0.2) is 18.2 Å². The van der Waals surface area contributed by atoms with E-state index >= 15 is 0 Å². The second-order valence-electron chi connectivity index (χ2n) is 3.77. The molecule has 0 saturated carbocycles. The summed E-state index contributed by atoms with van der Waals surface area (Å²) in [5, 5.41) is 1.46. The van der Waals surface area contributed by atoms with Crippen LogP contribution < -0.4 is 4.74 Å². The number of carbonyl (C=O) groups excluding carboxylic acids is 1. The summed E-state index contributed by atoms with van der Waals surface area (Å²) >= 11 is 9.40. The van der Waals surface area contributed by atoms with E-state index < -0.39 is 0 Å². The Balaban J connectivity index is 2.57. The Bertz CT molecular complexity index is 380. The van der Waals surface area contributed by atoms with Gasteiger partial charge in [0.25, 0.3) is 0 Å². The summed E-state index contributed by atoms with van der Waals surface area (Å²) in [5.74, 6) is 0.776. The topological polar surface area (TPSA) is 26.3 Å². The number of Topliss-reactive ketones (excluding diaryl/α,β-unsaturated/α-hetero) is 1. The molecule has 0 N–H and O–H groups in total. The Hall–Kier alpha value is -0.540. The number of carbonyl (C=O) groups is 1. The van der Waals surface area contributed by atoms with Crippen molar-refractivity contribution in [2.45, 2.75) is 25.7 Å². The van der Waals surface area contributed by atoms with E-state index in [1.807, 2.05) is 0 Å². The summed E-state index contributed by atoms with van der Waals surface area (Å²) < 4.78 is 5.04. The van der Waals surface area contributed by atoms with Gasteiger partial charge >= 0.3 is 0 Å². The van der Waals surface area contributed by atoms with Crippen LogP contribution in [0.25, 0.3) is 0 Å². The summed E-state index contributed by atoms with van der Waals surface area (Å²) in [5.41, 5.74) is 0.589. The number of hydrogen-bond donors (Lipinski definition) is 0. The molecule has 0 aromatic heterocycles. The molecule has 0 unspecified atom stereocenters. The van der Waals surface area contributed by atoms with Crippen molar-refractivity contribution < 1.29 is 9.53 Å². The highest BCUT2D eigenvalue weighted by Gasteiger charge is 2.10. The zero-order chi connectivity index (χ0) is 12.7. The normalized spacial score (nSPS) is 10.3. The Kier molecular flexibility index (Phi) is 6.60. The van der Waals surface area contributed by atoms with E-state index in [0.717, 1.165) is 24.6 Å². The van der Waals surface area contributed by atoms with Crippen molar-refractivity contribution in [2.24, 2.45) is 0 Å². The molecule has 0 radical (unpaired) electrons. The van der Waals surface area contributed by atoms with Crippen LogP contribution in [0, 0.1) is 0 Å². The van der Waals surface area contributed by atoms with E-state index in [1.54, 1.807) is 25.3 Å². The van der Waals surface area contributed by atoms with Gasteiger partial charge in [0.1, 0.15) is 5.75 Å². The van der Waals surface area contributed by atoms with Gasteiger partial charge in [0.05, 0.1) is 12.1 Å². The van der Waals surface area contributed by atoms with Crippen molar-refractivity contribution in [3.8, 4) is 5.75 Å². The van der Waals surface area contributed by atoms with Gasteiger partial charge in [0, 0.05) is 17.3 Å². The Morgan fingerprint density at radius 1 is 1.35 bits per heavy atom. The second-order valence-corrected chi connectivity index (χ2v) is 4.97. The van der Waals surface area contributed by atoms with Crippen LogP contribution >= 0.6 is 27.5 Å². The quantitative estimate of drug-likeness (QED) is 0.420. The highest BCUT2D eigenvalue weighted by Crippen LogP contribution is 2.24. The number of rotatable bonds is 7. The molecule has 0 fully saturated rings. The summed E-state index contributed by atoms with van der Waals surface area (Å²) in [4.78, 5) is 11.9. The lowest BCUT2D eigenvalue weighted by Gasteiger charge is -2.05. The van der Waals surface area contributed by atoms with E-state index in [-0.39, 0.29) is 5.78 Å². The minimum atomic E-state index is 0.104. The molecule has 0 bridgehead atoms. The molecule has 0 amide bonds. The predicted octanol–water partition coefficient (Wildman–Crippen LogP) is 4.49. The highest BCUT2D eigenvalue weighted by molar-refractivity contribution is 9.09. The molecular formula is C13H16BrClO2. The lowest BCUT2D eigenvalue weighted by molar-refractivity contribution is 0.0979. The highest BCUT2D eigenvalue weighted by atomic mass is 79.9. The Labute approximate surface area is 115 Å². The predicted molar refractivity (Wildman–Crippen MR) is 74.6 cm³/mol. The second kappa shape index (κ2) is 7.72. The average Bonchev–Trinajstić information content (AvgIpc) is 2.34. The first-order valence-corrected chi connectivity index (χ1v) is 7.11. The number of unbranched alkanes of at least 4 members (excludes halogenated alkanes) is 2. The van der Waals surface area contributed by atoms with Crippen LogP contribution in [0.1, 0.15) is 36.0 Å². The summed E-state index contributed by atoms with van der Waals surface area (Å²) in [6, 6.07) is 5.17. The van der Waals surface area contributed by atoms with E-state index in [2.05, 4.69) is 15.9 Å². The molecule has 0 saturated heterocycles. The molecule has 1 aromatic carbocycles. The number of benzene rings is 1. The molecule has 2 nitrogen and oxygen atoms in total. The third-order valence-corrected chi connectivity index (χ3v) is 3.39. The van der Waals surface area contributed by atoms with Crippen molar-refractivity contribution in [1.82, 2.24) is 0 Å². The molecule has 0 aliphatic carbocycles. The van der Waals surface area contributed by atoms with Crippen molar-refractivity contribution >= 4 is 33.3 Å². The molecule has 0 spiro atoms. The Morgan fingerprint density at radius 2 is 2.12 bits per heavy atom. The first kappa shape index (κ1) is 14.5. The van der Waals surface area contributed by atoms with Gasteiger partial charge < -0.3 is 4.74 Å². The smallest absolute Gasteiger partial charge is 0.164 e. The molecule has 0 aliphatic heterocycles. The number of ketones is 1. The summed E-state index contributed by atoms with van der Waals surface area (Å²) in [6.07, 6.45) is 3.63. The maximum Gasteiger partial charge on any atom is 0.164 e. The standard InChI is InChI=1S/C13H16BrClO2/c1-17-10-6-7-11(12(15)9-10)13(16)5-3-2-4-8-14/h6-7,9H,2-5,8H2,1H3. The molecule has 4 heteroatoms. The third-order valence-electron chi connectivity index (χ3n) is 2.51. The molecule has 1 aromatic rings. The van der Waals surface area contributed by atoms with E-state index in [9.17, 15) is 4.79 Å². The average molecular weight is 320 g/mol. The van der Waals surface area contributed by atoms with Gasteiger partial charge in [-0.25, -0.2) is 0 Å². The van der Waals surface area contributed by atoms with Crippen molar-refractivity contribution in [3.63, 3.8) is 0 Å². The van der Waals surface area contributed by atoms with Gasteiger partial charge in [0.2, 0.25) is 0 Å². The largest absolute Gasteiger partial charge is 0.497 e. The third kappa shape index (κ3) is 4.68. The van der Waals surface area contributed by atoms with Crippen LogP contribution in [-0.2, 0) is 0 Å². The maximum atomic E-state index is 11.9. The van der Waals surface area contributed by atoms with Crippen molar-refractivity contribution in [1.29, 1.82) is 0 Å². The zero-order valence-corrected chi connectivity index (χ0v) is 12.2. The van der Waals surface area contributed by atoms with Gasteiger partial charge in [0.15, 0.2) is 5.78 Å². The number of methoxy groups -OCH3 is 1. The van der Waals surface area contributed by atoms with Crippen LogP contribution in [0.3, 0.4) is 0 Å². The van der Waals surface area contributed by atoms with Crippen LogP contribution in [0.2, 0.25) is 5.02 Å². The molecule has 0 heterocycles. The van der Waals surface area contributed by atoms with E-state index in [1.165, 1.54) is 0 Å². The van der Waals surface area contributed by atoms with Crippen LogP contribution in [0.5, 0.6) is 5.75 Å². The molecular weight excluding hydrogens is 303 g/mol. The fourth-order valence-electron chi connectivity index (χ4n) is 1.54. The van der Waals surface area contributed by atoms with Crippen molar-refractivity contribution in [3.05, 3.63) is 28.8 Å². The molecule has 17 heavy (non-hydrogen) atoms. The summed E-state index contributed by atoms with van der Waals surface area (Å²) in [7, 11) is 1.58. The van der Waals surface area contributed by atoms with Gasteiger partial charge in [-0.1, -0.05) is 34.0 Å². The maximum absolute atomic E-state index is 11.9. The minimum Gasteiger partial charge on any atom is -0.497 e. The first-order chi connectivity index (χ1) is 8.19.